The smallest absolute Gasteiger partial charge is 0.243 e. The van der Waals surface area contributed by atoms with Gasteiger partial charge in [0, 0.05) is 33.4 Å². The van der Waals surface area contributed by atoms with Crippen LogP contribution in [-0.2, 0) is 19.5 Å². The van der Waals surface area contributed by atoms with Crippen molar-refractivity contribution >= 4 is 10.0 Å². The Morgan fingerprint density at radius 1 is 1.31 bits per heavy atom. The minimum Gasteiger partial charge on any atom is -0.494 e. The molecule has 0 saturated carbocycles. The standard InChI is InChI=1S/C18H26FNO5S/c1-23-11-5-14-6-12-25-18(14)7-9-20(10-8-18)26(21,22)15-3-4-17(24-2)16(19)13-15/h3-4,13-14H,5-12H2,1-2H3/t14-/m0/s1. The molecule has 26 heavy (non-hydrogen) atoms. The summed E-state index contributed by atoms with van der Waals surface area (Å²) in [6, 6.07) is 3.75. The second-order valence-electron chi connectivity index (χ2n) is 6.88. The van der Waals surface area contributed by atoms with Crippen LogP contribution in [0.3, 0.4) is 0 Å². The van der Waals surface area contributed by atoms with E-state index in [1.165, 1.54) is 23.5 Å². The Bertz CT molecular complexity index is 731. The molecule has 0 N–H and O–H groups in total. The lowest BCUT2D eigenvalue weighted by atomic mass is 9.78. The number of benzene rings is 1. The monoisotopic (exact) mass is 387 g/mol. The van der Waals surface area contributed by atoms with E-state index in [2.05, 4.69) is 0 Å². The highest BCUT2D eigenvalue weighted by Crippen LogP contribution is 2.43. The van der Waals surface area contributed by atoms with Crippen LogP contribution < -0.4 is 4.74 Å². The largest absolute Gasteiger partial charge is 0.494 e. The lowest BCUT2D eigenvalue weighted by Crippen LogP contribution is -2.49. The summed E-state index contributed by atoms with van der Waals surface area (Å²) in [6.07, 6.45) is 3.21. The molecule has 6 nitrogen and oxygen atoms in total. The van der Waals surface area contributed by atoms with Gasteiger partial charge in [-0.25, -0.2) is 12.8 Å². The number of piperidine rings is 1. The van der Waals surface area contributed by atoms with E-state index in [0.717, 1.165) is 18.9 Å². The molecule has 0 bridgehead atoms. The van der Waals surface area contributed by atoms with Crippen LogP contribution >= 0.6 is 0 Å². The van der Waals surface area contributed by atoms with Crippen LogP contribution in [0.2, 0.25) is 0 Å². The fraction of sp³-hybridized carbons (Fsp3) is 0.667. The summed E-state index contributed by atoms with van der Waals surface area (Å²) in [6.45, 7) is 2.15. The molecule has 0 unspecified atom stereocenters. The van der Waals surface area contributed by atoms with Crippen molar-refractivity contribution in [2.75, 3.05) is 40.5 Å². The van der Waals surface area contributed by atoms with Crippen molar-refractivity contribution in [2.45, 2.75) is 36.2 Å². The Morgan fingerprint density at radius 2 is 2.04 bits per heavy atom. The predicted molar refractivity (Wildman–Crippen MR) is 94.2 cm³/mol. The molecule has 0 amide bonds. The summed E-state index contributed by atoms with van der Waals surface area (Å²) in [5.41, 5.74) is -0.254. The van der Waals surface area contributed by atoms with Crippen molar-refractivity contribution in [3.63, 3.8) is 0 Å². The van der Waals surface area contributed by atoms with Gasteiger partial charge < -0.3 is 14.2 Å². The SMILES string of the molecule is COCC[C@H]1CCOC12CCN(S(=O)(=O)c1ccc(OC)c(F)c1)CC2. The van der Waals surface area contributed by atoms with E-state index in [1.54, 1.807) is 7.11 Å². The van der Waals surface area contributed by atoms with E-state index in [0.29, 0.717) is 45.1 Å². The summed E-state index contributed by atoms with van der Waals surface area (Å²) in [4.78, 5) is -0.0463. The van der Waals surface area contributed by atoms with Crippen molar-refractivity contribution in [3.8, 4) is 5.75 Å². The molecule has 2 aliphatic heterocycles. The molecule has 2 fully saturated rings. The maximum absolute atomic E-state index is 13.9. The van der Waals surface area contributed by atoms with Crippen LogP contribution in [0.4, 0.5) is 4.39 Å². The van der Waals surface area contributed by atoms with Crippen LogP contribution in [0.5, 0.6) is 5.75 Å². The van der Waals surface area contributed by atoms with Crippen molar-refractivity contribution in [1.29, 1.82) is 0 Å². The number of sulfonamides is 1. The number of hydrogen-bond acceptors (Lipinski definition) is 5. The molecule has 0 aliphatic carbocycles. The first-order valence-electron chi connectivity index (χ1n) is 8.89. The van der Waals surface area contributed by atoms with Crippen molar-refractivity contribution in [1.82, 2.24) is 4.31 Å². The molecule has 0 radical (unpaired) electrons. The van der Waals surface area contributed by atoms with Crippen molar-refractivity contribution in [3.05, 3.63) is 24.0 Å². The first-order chi connectivity index (χ1) is 12.4. The molecule has 2 saturated heterocycles. The second-order valence-corrected chi connectivity index (χ2v) is 8.82. The number of ether oxygens (including phenoxy) is 3. The zero-order chi connectivity index (χ0) is 18.8. The van der Waals surface area contributed by atoms with Crippen LogP contribution in [0.15, 0.2) is 23.1 Å². The highest BCUT2D eigenvalue weighted by atomic mass is 32.2. The first kappa shape index (κ1) is 19.5. The van der Waals surface area contributed by atoms with Crippen molar-refractivity contribution < 1.29 is 27.0 Å². The predicted octanol–water partition coefficient (Wildman–Crippen LogP) is 2.43. The number of hydrogen-bond donors (Lipinski definition) is 0. The molecular weight excluding hydrogens is 361 g/mol. The topological polar surface area (TPSA) is 65.1 Å². The van der Waals surface area contributed by atoms with E-state index < -0.39 is 15.8 Å². The number of rotatable bonds is 6. The fourth-order valence-corrected chi connectivity index (χ4v) is 5.52. The van der Waals surface area contributed by atoms with Gasteiger partial charge in [-0.1, -0.05) is 0 Å². The number of methoxy groups -OCH3 is 2. The maximum Gasteiger partial charge on any atom is 0.243 e. The molecule has 1 atom stereocenters. The first-order valence-corrected chi connectivity index (χ1v) is 10.3. The molecule has 8 heteroatoms. The molecule has 2 aliphatic rings. The van der Waals surface area contributed by atoms with E-state index >= 15 is 0 Å². The van der Waals surface area contributed by atoms with Crippen LogP contribution in [-0.4, -0.2) is 58.8 Å². The quantitative estimate of drug-likeness (QED) is 0.750. The van der Waals surface area contributed by atoms with E-state index in [-0.39, 0.29) is 16.2 Å². The average Bonchev–Trinajstić information content (AvgIpc) is 3.02. The van der Waals surface area contributed by atoms with Gasteiger partial charge in [0.2, 0.25) is 10.0 Å². The molecule has 146 valence electrons. The average molecular weight is 387 g/mol. The molecule has 1 aromatic rings. The van der Waals surface area contributed by atoms with E-state index in [4.69, 9.17) is 14.2 Å². The minimum absolute atomic E-state index is 0.0295. The Morgan fingerprint density at radius 3 is 2.65 bits per heavy atom. The van der Waals surface area contributed by atoms with Gasteiger partial charge in [0.25, 0.3) is 0 Å². The van der Waals surface area contributed by atoms with Gasteiger partial charge in [-0.3, -0.25) is 0 Å². The highest BCUT2D eigenvalue weighted by Gasteiger charge is 2.47. The summed E-state index contributed by atoms with van der Waals surface area (Å²) >= 11 is 0. The van der Waals surface area contributed by atoms with Crippen LogP contribution in [0, 0.1) is 11.7 Å². The minimum atomic E-state index is -3.73. The third-order valence-corrected chi connectivity index (χ3v) is 7.49. The Hall–Kier alpha value is -1.22. The summed E-state index contributed by atoms with van der Waals surface area (Å²) < 4.78 is 57.2. The molecule has 1 aromatic carbocycles. The number of halogens is 1. The highest BCUT2D eigenvalue weighted by molar-refractivity contribution is 7.89. The molecule has 2 heterocycles. The Kier molecular flexibility index (Phi) is 5.86. The third kappa shape index (κ3) is 3.60. The van der Waals surface area contributed by atoms with Crippen molar-refractivity contribution in [2.24, 2.45) is 5.92 Å². The maximum atomic E-state index is 13.9. The lowest BCUT2D eigenvalue weighted by molar-refractivity contribution is -0.0603. The Labute approximate surface area is 154 Å². The van der Waals surface area contributed by atoms with Gasteiger partial charge in [-0.2, -0.15) is 4.31 Å². The zero-order valence-corrected chi connectivity index (χ0v) is 16.1. The summed E-state index contributed by atoms with van der Waals surface area (Å²) in [5.74, 6) is -0.256. The van der Waals surface area contributed by atoms with Crippen LogP contribution in [0.25, 0.3) is 0 Å². The van der Waals surface area contributed by atoms with Gasteiger partial charge in [0.15, 0.2) is 11.6 Å². The second kappa shape index (κ2) is 7.80. The zero-order valence-electron chi connectivity index (χ0n) is 15.2. The number of nitrogens with zero attached hydrogens (tertiary/aromatic N) is 1. The third-order valence-electron chi connectivity index (χ3n) is 5.60. The van der Waals surface area contributed by atoms with Gasteiger partial charge in [0.1, 0.15) is 0 Å². The lowest BCUT2D eigenvalue weighted by Gasteiger charge is -2.41. The van der Waals surface area contributed by atoms with Crippen LogP contribution in [0.1, 0.15) is 25.7 Å². The van der Waals surface area contributed by atoms with Gasteiger partial charge in [-0.05, 0) is 49.8 Å². The Balaban J connectivity index is 1.71. The normalized spacial score (nSPS) is 23.4. The molecular formula is C18H26FNO5S. The molecule has 3 rings (SSSR count). The summed E-state index contributed by atoms with van der Waals surface area (Å²) in [5, 5.41) is 0. The van der Waals surface area contributed by atoms with Gasteiger partial charge in [0.05, 0.1) is 17.6 Å². The molecule has 1 spiro atoms. The molecule has 0 aromatic heterocycles. The van der Waals surface area contributed by atoms with Gasteiger partial charge >= 0.3 is 0 Å². The summed E-state index contributed by atoms with van der Waals surface area (Å²) in [7, 11) is -0.701. The van der Waals surface area contributed by atoms with E-state index in [9.17, 15) is 12.8 Å². The van der Waals surface area contributed by atoms with Gasteiger partial charge in [-0.15, -0.1) is 0 Å². The van der Waals surface area contributed by atoms with E-state index in [1.807, 2.05) is 0 Å². The fourth-order valence-electron chi connectivity index (χ4n) is 4.07.